The third-order valence-electron chi connectivity index (χ3n) is 4.55. The Hall–Kier alpha value is -1.06. The summed E-state index contributed by atoms with van der Waals surface area (Å²) in [6, 6.07) is 8.41. The van der Waals surface area contributed by atoms with E-state index in [2.05, 4.69) is 50.4 Å². The van der Waals surface area contributed by atoms with Crippen molar-refractivity contribution in [3.63, 3.8) is 0 Å². The Labute approximate surface area is 128 Å². The molecule has 116 valence electrons. The Morgan fingerprint density at radius 3 is 2.76 bits per heavy atom. The van der Waals surface area contributed by atoms with Crippen molar-refractivity contribution in [3.05, 3.63) is 29.8 Å². The van der Waals surface area contributed by atoms with E-state index in [-0.39, 0.29) is 11.0 Å². The zero-order valence-corrected chi connectivity index (χ0v) is 13.4. The molecule has 0 saturated carbocycles. The van der Waals surface area contributed by atoms with Crippen molar-refractivity contribution in [2.24, 2.45) is 5.41 Å². The van der Waals surface area contributed by atoms with Gasteiger partial charge in [-0.05, 0) is 45.2 Å². The second-order valence-corrected chi connectivity index (χ2v) is 7.66. The quantitative estimate of drug-likeness (QED) is 0.923. The Morgan fingerprint density at radius 1 is 1.29 bits per heavy atom. The fraction of sp³-hybridized carbons (Fsp3) is 0.667. The topological polar surface area (TPSA) is 30.5 Å². The van der Waals surface area contributed by atoms with Gasteiger partial charge >= 0.3 is 0 Å². The number of para-hydroxylation sites is 1. The molecule has 1 fully saturated rings. The summed E-state index contributed by atoms with van der Waals surface area (Å²) in [6.07, 6.45) is 3.54. The molecule has 1 saturated heterocycles. The van der Waals surface area contributed by atoms with E-state index in [0.29, 0.717) is 6.10 Å². The lowest BCUT2D eigenvalue weighted by molar-refractivity contribution is 0.0968. The van der Waals surface area contributed by atoms with Crippen LogP contribution >= 0.6 is 0 Å². The van der Waals surface area contributed by atoms with Crippen LogP contribution in [0.4, 0.5) is 0 Å². The number of hydrogen-bond donors (Lipinski definition) is 1. The Morgan fingerprint density at radius 2 is 2.10 bits per heavy atom. The van der Waals surface area contributed by atoms with Gasteiger partial charge in [0.2, 0.25) is 0 Å². The molecule has 1 aromatic carbocycles. The third kappa shape index (κ3) is 3.58. The van der Waals surface area contributed by atoms with Crippen molar-refractivity contribution >= 4 is 0 Å². The van der Waals surface area contributed by atoms with Gasteiger partial charge in [-0.2, -0.15) is 0 Å². The highest BCUT2D eigenvalue weighted by Gasteiger charge is 2.40. The van der Waals surface area contributed by atoms with Crippen LogP contribution in [0.2, 0.25) is 0 Å². The molecule has 0 aromatic heterocycles. The molecule has 2 unspecified atom stereocenters. The second-order valence-electron chi connectivity index (χ2n) is 7.66. The Kier molecular flexibility index (Phi) is 3.98. The van der Waals surface area contributed by atoms with E-state index in [1.165, 1.54) is 5.56 Å². The number of rotatable bonds is 4. The maximum absolute atomic E-state index is 6.14. The number of nitrogens with one attached hydrogen (secondary N) is 1. The van der Waals surface area contributed by atoms with Crippen molar-refractivity contribution in [1.29, 1.82) is 0 Å². The zero-order chi connectivity index (χ0) is 14.9. The van der Waals surface area contributed by atoms with Gasteiger partial charge in [0.05, 0.1) is 6.61 Å². The monoisotopic (exact) mass is 289 g/mol. The maximum atomic E-state index is 6.14. The predicted octanol–water partition coefficient (Wildman–Crippen LogP) is 3.18. The van der Waals surface area contributed by atoms with E-state index in [4.69, 9.17) is 9.47 Å². The van der Waals surface area contributed by atoms with Gasteiger partial charge in [0, 0.05) is 30.5 Å². The van der Waals surface area contributed by atoms with E-state index in [1.807, 2.05) is 0 Å². The van der Waals surface area contributed by atoms with Crippen molar-refractivity contribution in [2.45, 2.75) is 51.7 Å². The summed E-state index contributed by atoms with van der Waals surface area (Å²) >= 11 is 0. The van der Waals surface area contributed by atoms with Crippen molar-refractivity contribution < 1.29 is 9.47 Å². The van der Waals surface area contributed by atoms with E-state index in [9.17, 15) is 0 Å². The molecule has 1 aromatic rings. The van der Waals surface area contributed by atoms with Crippen LogP contribution in [-0.2, 0) is 11.2 Å². The average Bonchev–Trinajstić information content (AvgIpc) is 3.02. The molecule has 1 N–H and O–H groups in total. The van der Waals surface area contributed by atoms with Crippen molar-refractivity contribution in [2.75, 3.05) is 19.8 Å². The minimum absolute atomic E-state index is 0.148. The smallest absolute Gasteiger partial charge is 0.123 e. The summed E-state index contributed by atoms with van der Waals surface area (Å²) in [5.74, 6) is 1.07. The van der Waals surface area contributed by atoms with Gasteiger partial charge in [-0.25, -0.2) is 0 Å². The van der Waals surface area contributed by atoms with Crippen LogP contribution in [0, 0.1) is 5.41 Å². The highest BCUT2D eigenvalue weighted by molar-refractivity contribution is 5.37. The van der Waals surface area contributed by atoms with E-state index in [1.54, 1.807) is 0 Å². The second kappa shape index (κ2) is 5.62. The van der Waals surface area contributed by atoms with Gasteiger partial charge in [-0.15, -0.1) is 0 Å². The average molecular weight is 289 g/mol. The molecule has 3 rings (SSSR count). The summed E-state index contributed by atoms with van der Waals surface area (Å²) in [4.78, 5) is 0. The van der Waals surface area contributed by atoms with Gasteiger partial charge in [-0.3, -0.25) is 0 Å². The molecule has 2 heterocycles. The lowest BCUT2D eigenvalue weighted by Crippen LogP contribution is -2.46. The molecule has 2 aliphatic heterocycles. The Bertz CT molecular complexity index is 461. The fourth-order valence-electron chi connectivity index (χ4n) is 3.33. The highest BCUT2D eigenvalue weighted by Crippen LogP contribution is 2.38. The highest BCUT2D eigenvalue weighted by atomic mass is 16.5. The first-order valence-corrected chi connectivity index (χ1v) is 8.03. The van der Waals surface area contributed by atoms with E-state index in [0.717, 1.165) is 44.8 Å². The molecule has 0 radical (unpaired) electrons. The number of benzene rings is 1. The summed E-state index contributed by atoms with van der Waals surface area (Å²) in [7, 11) is 0. The largest absolute Gasteiger partial charge is 0.490 e. The van der Waals surface area contributed by atoms with Crippen LogP contribution in [0.25, 0.3) is 0 Å². The van der Waals surface area contributed by atoms with Crippen molar-refractivity contribution in [1.82, 2.24) is 5.32 Å². The van der Waals surface area contributed by atoms with Crippen LogP contribution in [0.3, 0.4) is 0 Å². The minimum Gasteiger partial charge on any atom is -0.490 e. The zero-order valence-electron chi connectivity index (χ0n) is 13.4. The third-order valence-corrected chi connectivity index (χ3v) is 4.55. The molecule has 21 heavy (non-hydrogen) atoms. The van der Waals surface area contributed by atoms with E-state index < -0.39 is 0 Å². The minimum atomic E-state index is 0.148. The van der Waals surface area contributed by atoms with Crippen LogP contribution in [0.1, 0.15) is 39.2 Å². The molecular weight excluding hydrogens is 262 g/mol. The van der Waals surface area contributed by atoms with Crippen molar-refractivity contribution in [3.8, 4) is 5.75 Å². The molecule has 0 bridgehead atoms. The first-order valence-electron chi connectivity index (χ1n) is 8.03. The molecular formula is C18H27NO2. The molecule has 0 amide bonds. The molecule has 3 nitrogen and oxygen atoms in total. The summed E-state index contributed by atoms with van der Waals surface area (Å²) in [5, 5.41) is 3.66. The molecule has 2 atom stereocenters. The van der Waals surface area contributed by atoms with E-state index >= 15 is 0 Å². The number of ether oxygens (including phenoxy) is 2. The maximum Gasteiger partial charge on any atom is 0.123 e. The van der Waals surface area contributed by atoms with Gasteiger partial charge in [0.1, 0.15) is 11.9 Å². The summed E-state index contributed by atoms with van der Waals surface area (Å²) in [5.41, 5.74) is 1.72. The molecule has 3 heteroatoms. The molecule has 2 aliphatic rings. The molecule has 0 aliphatic carbocycles. The van der Waals surface area contributed by atoms with Gasteiger partial charge in [0.25, 0.3) is 0 Å². The van der Waals surface area contributed by atoms with Gasteiger partial charge in [0.15, 0.2) is 0 Å². The number of hydrogen-bond acceptors (Lipinski definition) is 3. The van der Waals surface area contributed by atoms with Gasteiger partial charge in [-0.1, -0.05) is 18.2 Å². The van der Waals surface area contributed by atoms with Crippen LogP contribution < -0.4 is 10.1 Å². The van der Waals surface area contributed by atoms with Crippen LogP contribution in [0.5, 0.6) is 5.75 Å². The van der Waals surface area contributed by atoms with Crippen LogP contribution in [0.15, 0.2) is 24.3 Å². The normalized spacial score (nSPS) is 28.4. The predicted molar refractivity (Wildman–Crippen MR) is 84.8 cm³/mol. The Balaban J connectivity index is 1.64. The SMILES string of the molecule is CC(C)(C)NCC1(CC2Cc3ccccc3O2)CCOC1. The van der Waals surface area contributed by atoms with Gasteiger partial charge < -0.3 is 14.8 Å². The number of fused-ring (bicyclic) bond motifs is 1. The first kappa shape index (κ1) is 14.9. The first-order chi connectivity index (χ1) is 9.96. The lowest BCUT2D eigenvalue weighted by Gasteiger charge is -2.34. The fourth-order valence-corrected chi connectivity index (χ4v) is 3.33. The standard InChI is InChI=1S/C18H27NO2/c1-17(2,3)19-12-18(8-9-20-13-18)11-15-10-14-6-4-5-7-16(14)21-15/h4-7,15,19H,8-13H2,1-3H3. The lowest BCUT2D eigenvalue weighted by atomic mass is 9.80. The molecule has 0 spiro atoms. The van der Waals surface area contributed by atoms with Crippen LogP contribution in [-0.4, -0.2) is 31.4 Å². The summed E-state index contributed by atoms with van der Waals surface area (Å²) in [6.45, 7) is 9.40. The summed E-state index contributed by atoms with van der Waals surface area (Å²) < 4.78 is 11.9.